The van der Waals surface area contributed by atoms with Gasteiger partial charge in [0.25, 0.3) is 0 Å². The zero-order chi connectivity index (χ0) is 13.2. The largest absolute Gasteiger partial charge is 0.292 e. The molecule has 0 spiro atoms. The molecule has 0 heterocycles. The highest BCUT2D eigenvalue weighted by Crippen LogP contribution is 2.26. The van der Waals surface area contributed by atoms with E-state index in [0.29, 0.717) is 12.1 Å². The van der Waals surface area contributed by atoms with Crippen LogP contribution in [0.4, 0.5) is 5.69 Å². The first kappa shape index (κ1) is 11.9. The molecule has 1 N–H and O–H groups in total. The number of Topliss-reactive ketones (excluding diaryl/α,β-unsaturated/α-hetero) is 1. The number of fused-ring (bicyclic) bond motifs is 1. The van der Waals surface area contributed by atoms with Crippen molar-refractivity contribution in [3.63, 3.8) is 0 Å². The lowest BCUT2D eigenvalue weighted by atomic mass is 9.87. The second-order valence-electron chi connectivity index (χ2n) is 4.76. The Morgan fingerprint density at radius 1 is 1.00 bits per heavy atom. The van der Waals surface area contributed by atoms with Gasteiger partial charge in [-0.3, -0.25) is 10.0 Å². The summed E-state index contributed by atoms with van der Waals surface area (Å²) < 4.78 is 0. The predicted molar refractivity (Wildman–Crippen MR) is 73.6 cm³/mol. The van der Waals surface area contributed by atoms with Crippen molar-refractivity contribution < 1.29 is 10.0 Å². The molecule has 1 atom stereocenters. The molecule has 3 heteroatoms. The lowest BCUT2D eigenvalue weighted by molar-refractivity contribution is 0.0876. The van der Waals surface area contributed by atoms with E-state index in [0.717, 1.165) is 22.6 Å². The maximum absolute atomic E-state index is 12.4. The van der Waals surface area contributed by atoms with E-state index >= 15 is 0 Å². The van der Waals surface area contributed by atoms with E-state index in [1.54, 1.807) is 12.1 Å². The van der Waals surface area contributed by atoms with Gasteiger partial charge in [-0.25, -0.2) is 5.06 Å². The molecule has 0 radical (unpaired) electrons. The topological polar surface area (TPSA) is 40.5 Å². The Kier molecular flexibility index (Phi) is 3.05. The molecule has 0 saturated carbocycles. The number of benzene rings is 2. The second kappa shape index (κ2) is 4.86. The van der Waals surface area contributed by atoms with E-state index < -0.39 is 6.04 Å². The highest BCUT2D eigenvalue weighted by atomic mass is 16.5. The molecule has 3 rings (SSSR count). The normalized spacial score (nSPS) is 17.9. The zero-order valence-electron chi connectivity index (χ0n) is 10.5. The first-order valence-corrected chi connectivity index (χ1v) is 6.42. The number of aryl methyl sites for hydroxylation is 1. The number of carbonyl (C=O) groups excluding carboxylic acids is 1. The van der Waals surface area contributed by atoms with Crippen LogP contribution >= 0.6 is 0 Å². The van der Waals surface area contributed by atoms with Crippen molar-refractivity contribution in [3.05, 3.63) is 65.7 Å². The minimum atomic E-state index is -0.489. The Morgan fingerprint density at radius 2 is 1.68 bits per heavy atom. The summed E-state index contributed by atoms with van der Waals surface area (Å²) in [6.07, 6.45) is 1.46. The van der Waals surface area contributed by atoms with Crippen molar-refractivity contribution >= 4 is 11.5 Å². The van der Waals surface area contributed by atoms with Gasteiger partial charge in [-0.05, 0) is 30.5 Å². The Morgan fingerprint density at radius 3 is 2.47 bits per heavy atom. The van der Waals surface area contributed by atoms with Gasteiger partial charge >= 0.3 is 0 Å². The summed E-state index contributed by atoms with van der Waals surface area (Å²) in [5.74, 6) is -0.00629. The third-order valence-electron chi connectivity index (χ3n) is 3.59. The van der Waals surface area contributed by atoms with Crippen molar-refractivity contribution in [1.82, 2.24) is 0 Å². The number of carbonyl (C=O) groups is 1. The summed E-state index contributed by atoms with van der Waals surface area (Å²) in [5, 5.41) is 11.3. The van der Waals surface area contributed by atoms with Crippen molar-refractivity contribution in [2.24, 2.45) is 0 Å². The number of nitrogens with zero attached hydrogens (tertiary/aromatic N) is 1. The minimum absolute atomic E-state index is 0.00629. The second-order valence-corrected chi connectivity index (χ2v) is 4.76. The molecule has 96 valence electrons. The van der Waals surface area contributed by atoms with Crippen LogP contribution in [0.2, 0.25) is 0 Å². The van der Waals surface area contributed by atoms with Gasteiger partial charge in [-0.1, -0.05) is 42.5 Å². The first-order chi connectivity index (χ1) is 9.27. The monoisotopic (exact) mass is 253 g/mol. The van der Waals surface area contributed by atoms with Gasteiger partial charge in [-0.2, -0.15) is 0 Å². The summed E-state index contributed by atoms with van der Waals surface area (Å²) in [6.45, 7) is 0. The van der Waals surface area contributed by atoms with E-state index in [-0.39, 0.29) is 5.78 Å². The van der Waals surface area contributed by atoms with Crippen molar-refractivity contribution in [2.45, 2.75) is 18.9 Å². The molecule has 2 aromatic rings. The minimum Gasteiger partial charge on any atom is -0.292 e. The van der Waals surface area contributed by atoms with Crippen LogP contribution in [0.3, 0.4) is 0 Å². The van der Waals surface area contributed by atoms with Gasteiger partial charge in [-0.15, -0.1) is 0 Å². The summed E-state index contributed by atoms with van der Waals surface area (Å²) in [4.78, 5) is 12.4. The highest BCUT2D eigenvalue weighted by Gasteiger charge is 2.31. The SMILES string of the molecule is O=C1c2ccccc2CCC1N(O)c1ccccc1. The van der Waals surface area contributed by atoms with E-state index in [4.69, 9.17) is 0 Å². The molecule has 2 aromatic carbocycles. The Hall–Kier alpha value is -2.13. The van der Waals surface area contributed by atoms with Crippen LogP contribution in [-0.4, -0.2) is 17.0 Å². The molecule has 3 nitrogen and oxygen atoms in total. The van der Waals surface area contributed by atoms with Gasteiger partial charge in [0.2, 0.25) is 0 Å². The summed E-state index contributed by atoms with van der Waals surface area (Å²) in [6, 6.07) is 16.3. The van der Waals surface area contributed by atoms with E-state index in [1.165, 1.54) is 0 Å². The first-order valence-electron chi connectivity index (χ1n) is 6.42. The molecule has 0 aliphatic heterocycles. The average Bonchev–Trinajstić information content (AvgIpc) is 2.48. The lowest BCUT2D eigenvalue weighted by Gasteiger charge is -2.30. The van der Waals surface area contributed by atoms with Gasteiger partial charge in [0, 0.05) is 5.56 Å². The van der Waals surface area contributed by atoms with Crippen molar-refractivity contribution in [2.75, 3.05) is 5.06 Å². The molecule has 0 saturated heterocycles. The third-order valence-corrected chi connectivity index (χ3v) is 3.59. The molecular weight excluding hydrogens is 238 g/mol. The Bertz CT molecular complexity index is 595. The number of para-hydroxylation sites is 1. The van der Waals surface area contributed by atoms with E-state index in [1.807, 2.05) is 42.5 Å². The van der Waals surface area contributed by atoms with Gasteiger partial charge in [0.15, 0.2) is 5.78 Å². The molecule has 0 fully saturated rings. The molecule has 0 amide bonds. The predicted octanol–water partition coefficient (Wildman–Crippen LogP) is 3.08. The van der Waals surface area contributed by atoms with E-state index in [2.05, 4.69) is 0 Å². The van der Waals surface area contributed by atoms with Gasteiger partial charge in [0.1, 0.15) is 6.04 Å². The molecule has 19 heavy (non-hydrogen) atoms. The van der Waals surface area contributed by atoms with Crippen molar-refractivity contribution in [3.8, 4) is 0 Å². The number of hydrogen-bond acceptors (Lipinski definition) is 3. The zero-order valence-corrected chi connectivity index (χ0v) is 10.5. The molecule has 0 bridgehead atoms. The third kappa shape index (κ3) is 2.13. The molecule has 0 aromatic heterocycles. The van der Waals surface area contributed by atoms with Crippen LogP contribution in [0.15, 0.2) is 54.6 Å². The number of hydroxylamine groups is 1. The average molecular weight is 253 g/mol. The van der Waals surface area contributed by atoms with Crippen LogP contribution in [0.1, 0.15) is 22.3 Å². The lowest BCUT2D eigenvalue weighted by Crippen LogP contribution is -2.42. The van der Waals surface area contributed by atoms with Crippen LogP contribution in [0, 0.1) is 0 Å². The fourth-order valence-corrected chi connectivity index (χ4v) is 2.58. The van der Waals surface area contributed by atoms with Crippen LogP contribution in [0.25, 0.3) is 0 Å². The van der Waals surface area contributed by atoms with Crippen LogP contribution in [0.5, 0.6) is 0 Å². The summed E-state index contributed by atoms with van der Waals surface area (Å²) in [7, 11) is 0. The number of ketones is 1. The smallest absolute Gasteiger partial charge is 0.188 e. The van der Waals surface area contributed by atoms with Crippen LogP contribution < -0.4 is 5.06 Å². The maximum Gasteiger partial charge on any atom is 0.188 e. The molecule has 1 unspecified atom stereocenters. The Balaban J connectivity index is 1.90. The van der Waals surface area contributed by atoms with Gasteiger partial charge in [0.05, 0.1) is 5.69 Å². The molecule has 1 aliphatic rings. The fraction of sp³-hybridized carbons (Fsp3) is 0.188. The highest BCUT2D eigenvalue weighted by molar-refractivity contribution is 6.03. The number of hydrogen-bond donors (Lipinski definition) is 1. The van der Waals surface area contributed by atoms with Crippen molar-refractivity contribution in [1.29, 1.82) is 0 Å². The van der Waals surface area contributed by atoms with E-state index in [9.17, 15) is 10.0 Å². The quantitative estimate of drug-likeness (QED) is 0.836. The van der Waals surface area contributed by atoms with Gasteiger partial charge < -0.3 is 0 Å². The Labute approximate surface area is 112 Å². The fourth-order valence-electron chi connectivity index (χ4n) is 2.58. The number of rotatable bonds is 2. The summed E-state index contributed by atoms with van der Waals surface area (Å²) >= 11 is 0. The summed E-state index contributed by atoms with van der Waals surface area (Å²) in [5.41, 5.74) is 2.46. The van der Waals surface area contributed by atoms with Crippen LogP contribution in [-0.2, 0) is 6.42 Å². The molecular formula is C16H15NO2. The standard InChI is InChI=1S/C16H15NO2/c18-16-14-9-5-4-6-12(14)10-11-15(16)17(19)13-7-2-1-3-8-13/h1-9,15,19H,10-11H2. The number of anilines is 1. The molecule has 1 aliphatic carbocycles. The maximum atomic E-state index is 12.4.